The summed E-state index contributed by atoms with van der Waals surface area (Å²) >= 11 is 0. The van der Waals surface area contributed by atoms with Crippen molar-refractivity contribution in [3.63, 3.8) is 0 Å². The van der Waals surface area contributed by atoms with Gasteiger partial charge < -0.3 is 15.0 Å². The van der Waals surface area contributed by atoms with E-state index in [1.54, 1.807) is 4.90 Å². The van der Waals surface area contributed by atoms with Crippen LogP contribution in [0.1, 0.15) is 0 Å². The van der Waals surface area contributed by atoms with E-state index in [9.17, 15) is 8.78 Å². The molecule has 0 atom stereocenters. The highest BCUT2D eigenvalue weighted by molar-refractivity contribution is 5.52. The molecule has 8 heteroatoms. The average Bonchev–Trinajstić information content (AvgIpc) is 2.44. The Kier molecular flexibility index (Phi) is 4.97. The van der Waals surface area contributed by atoms with Crippen molar-refractivity contribution in [2.45, 2.75) is 0 Å². The minimum atomic E-state index is -0.648. The van der Waals surface area contributed by atoms with Crippen molar-refractivity contribution >= 4 is 5.69 Å². The number of benzene rings is 1. The predicted octanol–water partition coefficient (Wildman–Crippen LogP) is 2.06. The molecule has 0 amide bonds. The second-order valence-electron chi connectivity index (χ2n) is 4.28. The number of nitrogens with one attached hydrogen (secondary N) is 1. The fourth-order valence-corrected chi connectivity index (χ4v) is 2.07. The molecule has 1 N–H and O–H groups in total. The smallest absolute Gasteiger partial charge is 0.153 e. The highest BCUT2D eigenvalue weighted by Crippen LogP contribution is 2.28. The van der Waals surface area contributed by atoms with Crippen molar-refractivity contribution in [2.75, 3.05) is 44.2 Å². The van der Waals surface area contributed by atoms with Gasteiger partial charge in [0.15, 0.2) is 11.6 Å². The van der Waals surface area contributed by atoms with Crippen LogP contribution in [0.5, 0.6) is 5.75 Å². The van der Waals surface area contributed by atoms with Crippen molar-refractivity contribution in [3.05, 3.63) is 34.2 Å². The number of halogens is 2. The maximum absolute atomic E-state index is 14.0. The lowest BCUT2D eigenvalue weighted by molar-refractivity contribution is 0.324. The van der Waals surface area contributed by atoms with E-state index in [-0.39, 0.29) is 24.6 Å². The van der Waals surface area contributed by atoms with Crippen LogP contribution in [0.2, 0.25) is 0 Å². The normalized spacial score (nSPS) is 14.8. The molecular weight excluding hydrogens is 268 g/mol. The van der Waals surface area contributed by atoms with Crippen LogP contribution in [0.3, 0.4) is 0 Å². The summed E-state index contributed by atoms with van der Waals surface area (Å²) in [7, 11) is 0. The number of anilines is 1. The Morgan fingerprint density at radius 3 is 2.55 bits per heavy atom. The number of hydrogen-bond donors (Lipinski definition) is 1. The number of rotatable bonds is 5. The Morgan fingerprint density at radius 1 is 1.30 bits per heavy atom. The molecule has 0 aliphatic carbocycles. The van der Waals surface area contributed by atoms with Crippen LogP contribution in [0.4, 0.5) is 14.5 Å². The van der Waals surface area contributed by atoms with Crippen molar-refractivity contribution < 1.29 is 13.5 Å². The SMILES string of the molecule is [N-]=[N+]=NCCOc1cc(F)c(N2CCNCC2)c(F)c1. The van der Waals surface area contributed by atoms with Crippen LogP contribution >= 0.6 is 0 Å². The minimum absolute atomic E-state index is 0.0195. The average molecular weight is 283 g/mol. The highest BCUT2D eigenvalue weighted by atomic mass is 19.1. The largest absolute Gasteiger partial charge is 0.493 e. The molecule has 6 nitrogen and oxygen atoms in total. The van der Waals surface area contributed by atoms with E-state index in [0.717, 1.165) is 12.1 Å². The highest BCUT2D eigenvalue weighted by Gasteiger charge is 2.20. The zero-order valence-electron chi connectivity index (χ0n) is 10.9. The van der Waals surface area contributed by atoms with Gasteiger partial charge in [0.05, 0.1) is 13.2 Å². The van der Waals surface area contributed by atoms with Crippen LogP contribution in [0, 0.1) is 11.6 Å². The summed E-state index contributed by atoms with van der Waals surface area (Å²) in [6, 6.07) is 2.30. The molecule has 1 aromatic carbocycles. The zero-order chi connectivity index (χ0) is 14.4. The molecule has 1 fully saturated rings. The molecule has 20 heavy (non-hydrogen) atoms. The van der Waals surface area contributed by atoms with Gasteiger partial charge in [-0.25, -0.2) is 8.78 Å². The summed E-state index contributed by atoms with van der Waals surface area (Å²) < 4.78 is 33.1. The number of ether oxygens (including phenoxy) is 1. The third-order valence-corrected chi connectivity index (χ3v) is 2.95. The molecule has 1 aromatic rings. The van der Waals surface area contributed by atoms with E-state index in [1.165, 1.54) is 0 Å². The van der Waals surface area contributed by atoms with Crippen molar-refractivity contribution in [3.8, 4) is 5.75 Å². The first-order valence-electron chi connectivity index (χ1n) is 6.30. The fourth-order valence-electron chi connectivity index (χ4n) is 2.07. The third-order valence-electron chi connectivity index (χ3n) is 2.95. The van der Waals surface area contributed by atoms with E-state index in [0.29, 0.717) is 26.2 Å². The van der Waals surface area contributed by atoms with Gasteiger partial charge in [0.25, 0.3) is 0 Å². The summed E-state index contributed by atoms with van der Waals surface area (Å²) in [5.74, 6) is -1.21. The molecule has 0 aromatic heterocycles. The summed E-state index contributed by atoms with van der Waals surface area (Å²) in [5.41, 5.74) is 8.08. The van der Waals surface area contributed by atoms with E-state index < -0.39 is 11.6 Å². The Balaban J connectivity index is 2.09. The van der Waals surface area contributed by atoms with Crippen molar-refractivity contribution in [1.82, 2.24) is 5.32 Å². The minimum Gasteiger partial charge on any atom is -0.493 e. The van der Waals surface area contributed by atoms with Gasteiger partial charge in [-0.05, 0) is 5.53 Å². The Morgan fingerprint density at radius 2 is 1.95 bits per heavy atom. The quantitative estimate of drug-likeness (QED) is 0.389. The number of piperazine rings is 1. The molecule has 1 aliphatic rings. The van der Waals surface area contributed by atoms with Crippen molar-refractivity contribution in [1.29, 1.82) is 0 Å². The first-order chi connectivity index (χ1) is 9.72. The first-order valence-corrected chi connectivity index (χ1v) is 6.30. The van der Waals surface area contributed by atoms with Crippen LogP contribution in [0.15, 0.2) is 17.2 Å². The summed E-state index contributed by atoms with van der Waals surface area (Å²) in [6.07, 6.45) is 0. The monoisotopic (exact) mass is 283 g/mol. The van der Waals surface area contributed by atoms with Gasteiger partial charge in [-0.15, -0.1) is 0 Å². The third kappa shape index (κ3) is 3.49. The second-order valence-corrected chi connectivity index (χ2v) is 4.28. The predicted molar refractivity (Wildman–Crippen MR) is 70.9 cm³/mol. The standard InChI is InChI=1S/C12H15F2N5O/c13-10-7-9(20-6-3-17-18-15)8-11(14)12(10)19-4-1-16-2-5-19/h7-8,16H,1-6H2. The van der Waals surface area contributed by atoms with E-state index in [1.807, 2.05) is 0 Å². The molecule has 0 saturated carbocycles. The van der Waals surface area contributed by atoms with E-state index >= 15 is 0 Å². The van der Waals surface area contributed by atoms with Gasteiger partial charge in [-0.2, -0.15) is 0 Å². The number of hydrogen-bond acceptors (Lipinski definition) is 4. The second kappa shape index (κ2) is 6.93. The molecular formula is C12H15F2N5O. The first kappa shape index (κ1) is 14.4. The molecule has 108 valence electrons. The molecule has 2 rings (SSSR count). The Hall–Kier alpha value is -2.05. The van der Waals surface area contributed by atoms with Crippen LogP contribution < -0.4 is 15.0 Å². The molecule has 1 saturated heterocycles. The summed E-state index contributed by atoms with van der Waals surface area (Å²) in [5, 5.41) is 6.40. The van der Waals surface area contributed by atoms with Crippen LogP contribution in [-0.4, -0.2) is 39.3 Å². The van der Waals surface area contributed by atoms with Crippen molar-refractivity contribution in [2.24, 2.45) is 5.11 Å². The Bertz CT molecular complexity index is 490. The molecule has 1 heterocycles. The molecule has 0 bridgehead atoms. The Labute approximate surface area is 115 Å². The maximum Gasteiger partial charge on any atom is 0.153 e. The lowest BCUT2D eigenvalue weighted by Gasteiger charge is -2.30. The van der Waals surface area contributed by atoms with Crippen LogP contribution in [-0.2, 0) is 0 Å². The zero-order valence-corrected chi connectivity index (χ0v) is 10.9. The molecule has 0 unspecified atom stereocenters. The number of azide groups is 1. The maximum atomic E-state index is 14.0. The number of nitrogens with zero attached hydrogens (tertiary/aromatic N) is 4. The fraction of sp³-hybridized carbons (Fsp3) is 0.500. The van der Waals surface area contributed by atoms with E-state index in [4.69, 9.17) is 10.3 Å². The summed E-state index contributed by atoms with van der Waals surface area (Å²) in [6.45, 7) is 2.71. The van der Waals surface area contributed by atoms with Gasteiger partial charge in [-0.1, -0.05) is 5.11 Å². The van der Waals surface area contributed by atoms with Crippen LogP contribution in [0.25, 0.3) is 10.4 Å². The lowest BCUT2D eigenvalue weighted by atomic mass is 10.2. The lowest BCUT2D eigenvalue weighted by Crippen LogP contribution is -2.44. The van der Waals surface area contributed by atoms with Gasteiger partial charge in [-0.3, -0.25) is 0 Å². The molecule has 0 spiro atoms. The van der Waals surface area contributed by atoms with Gasteiger partial charge in [0.2, 0.25) is 0 Å². The van der Waals surface area contributed by atoms with Gasteiger partial charge >= 0.3 is 0 Å². The van der Waals surface area contributed by atoms with E-state index in [2.05, 4.69) is 15.3 Å². The van der Waals surface area contributed by atoms with Gasteiger partial charge in [0, 0.05) is 43.2 Å². The summed E-state index contributed by atoms with van der Waals surface area (Å²) in [4.78, 5) is 4.23. The molecule has 0 radical (unpaired) electrons. The molecule has 1 aliphatic heterocycles. The van der Waals surface area contributed by atoms with Gasteiger partial charge in [0.1, 0.15) is 11.4 Å². The topological polar surface area (TPSA) is 73.3 Å².